The molecule has 0 bridgehead atoms. The van der Waals surface area contributed by atoms with E-state index in [9.17, 15) is 4.79 Å². The number of nitrogens with zero attached hydrogens (tertiary/aromatic N) is 4. The zero-order valence-corrected chi connectivity index (χ0v) is 20.5. The highest BCUT2D eigenvalue weighted by Crippen LogP contribution is 2.34. The molecule has 0 spiro atoms. The maximum Gasteiger partial charge on any atom is 0.237 e. The lowest BCUT2D eigenvalue weighted by Crippen LogP contribution is -2.32. The van der Waals surface area contributed by atoms with Gasteiger partial charge in [-0.2, -0.15) is 0 Å². The number of carbonyl (C=O) groups is 1. The molecule has 33 heavy (non-hydrogen) atoms. The topological polar surface area (TPSA) is 72.3 Å². The zero-order valence-electron chi connectivity index (χ0n) is 19.7. The lowest BCUT2D eigenvalue weighted by atomic mass is 10.1. The zero-order chi connectivity index (χ0) is 23.4. The number of nitrogens with one attached hydrogen (secondary N) is 1. The fraction of sp³-hybridized carbons (Fsp3) is 0.400. The number of aromatic nitrogens is 3. The second kappa shape index (κ2) is 10.3. The van der Waals surface area contributed by atoms with Gasteiger partial charge in [-0.3, -0.25) is 9.36 Å². The van der Waals surface area contributed by atoms with Crippen LogP contribution in [0, 0.1) is 13.8 Å². The molecule has 1 unspecified atom stereocenters. The predicted octanol–water partition coefficient (Wildman–Crippen LogP) is 5.00. The molecule has 0 radical (unpaired) electrons. The standard InChI is InChI=1S/C25H31N5O2S/c1-17-12-13-18(2)20(16-17)26-23(31)19(3)33-25-28-27-24(29-14-8-5-9-15-29)30(25)21-10-6-7-11-22(21)32-4/h6-7,10-13,16,19H,5,8-9,14-15H2,1-4H3,(H,26,31). The Morgan fingerprint density at radius 2 is 1.85 bits per heavy atom. The number of carbonyl (C=O) groups excluding carboxylic acids is 1. The Morgan fingerprint density at radius 3 is 2.61 bits per heavy atom. The molecule has 174 valence electrons. The lowest BCUT2D eigenvalue weighted by Gasteiger charge is -2.28. The van der Waals surface area contributed by atoms with Crippen molar-refractivity contribution in [2.75, 3.05) is 30.4 Å². The van der Waals surface area contributed by atoms with E-state index in [-0.39, 0.29) is 11.2 Å². The molecule has 1 aromatic heterocycles. The van der Waals surface area contributed by atoms with Crippen LogP contribution in [-0.2, 0) is 4.79 Å². The molecule has 1 amide bonds. The first-order chi connectivity index (χ1) is 16.0. The van der Waals surface area contributed by atoms with Crippen molar-refractivity contribution in [3.05, 3.63) is 53.6 Å². The summed E-state index contributed by atoms with van der Waals surface area (Å²) in [6, 6.07) is 13.9. The number of thioether (sulfide) groups is 1. The van der Waals surface area contributed by atoms with Gasteiger partial charge in [-0.1, -0.05) is 36.0 Å². The molecule has 1 saturated heterocycles. The van der Waals surface area contributed by atoms with Gasteiger partial charge in [0, 0.05) is 18.8 Å². The summed E-state index contributed by atoms with van der Waals surface area (Å²) in [6.07, 6.45) is 3.50. The number of para-hydroxylation sites is 2. The van der Waals surface area contributed by atoms with Crippen LogP contribution in [0.5, 0.6) is 5.75 Å². The summed E-state index contributed by atoms with van der Waals surface area (Å²) in [6.45, 7) is 7.80. The molecule has 1 aliphatic heterocycles. The van der Waals surface area contributed by atoms with Crippen molar-refractivity contribution in [3.63, 3.8) is 0 Å². The van der Waals surface area contributed by atoms with Crippen molar-refractivity contribution < 1.29 is 9.53 Å². The molecule has 3 aromatic rings. The Bertz CT molecular complexity index is 1120. The van der Waals surface area contributed by atoms with E-state index < -0.39 is 0 Å². The van der Waals surface area contributed by atoms with Crippen LogP contribution < -0.4 is 15.0 Å². The molecule has 8 heteroatoms. The van der Waals surface area contributed by atoms with Gasteiger partial charge in [-0.25, -0.2) is 0 Å². The van der Waals surface area contributed by atoms with E-state index in [1.54, 1.807) is 7.11 Å². The van der Waals surface area contributed by atoms with Gasteiger partial charge < -0.3 is 15.0 Å². The molecular weight excluding hydrogens is 434 g/mol. The number of benzene rings is 2. The highest BCUT2D eigenvalue weighted by Gasteiger charge is 2.26. The molecule has 2 heterocycles. The van der Waals surface area contributed by atoms with Gasteiger partial charge in [-0.05, 0) is 69.4 Å². The minimum atomic E-state index is -0.364. The van der Waals surface area contributed by atoms with E-state index in [1.807, 2.05) is 67.8 Å². The fourth-order valence-electron chi connectivity index (χ4n) is 3.98. The van der Waals surface area contributed by atoms with Crippen LogP contribution in [0.1, 0.15) is 37.3 Å². The van der Waals surface area contributed by atoms with Crippen molar-refractivity contribution >= 4 is 29.3 Å². The van der Waals surface area contributed by atoms with Gasteiger partial charge in [0.15, 0.2) is 5.16 Å². The third-order valence-electron chi connectivity index (χ3n) is 5.88. The monoisotopic (exact) mass is 465 g/mol. The first-order valence-electron chi connectivity index (χ1n) is 11.4. The molecule has 1 atom stereocenters. The maximum absolute atomic E-state index is 13.0. The number of amides is 1. The van der Waals surface area contributed by atoms with Gasteiger partial charge in [-0.15, -0.1) is 10.2 Å². The van der Waals surface area contributed by atoms with Gasteiger partial charge in [0.05, 0.1) is 18.0 Å². The second-order valence-corrected chi connectivity index (χ2v) is 9.71. The summed E-state index contributed by atoms with van der Waals surface area (Å²) in [5.41, 5.74) is 3.86. The van der Waals surface area contributed by atoms with Crippen LogP contribution in [-0.4, -0.2) is 46.1 Å². The Morgan fingerprint density at radius 1 is 1.09 bits per heavy atom. The van der Waals surface area contributed by atoms with E-state index >= 15 is 0 Å². The van der Waals surface area contributed by atoms with E-state index in [0.717, 1.165) is 60.1 Å². The molecule has 1 N–H and O–H groups in total. The number of anilines is 2. The van der Waals surface area contributed by atoms with Crippen molar-refractivity contribution in [3.8, 4) is 11.4 Å². The minimum Gasteiger partial charge on any atom is -0.495 e. The van der Waals surface area contributed by atoms with Gasteiger partial charge >= 0.3 is 0 Å². The Labute approximate surface area is 199 Å². The third-order valence-corrected chi connectivity index (χ3v) is 6.93. The summed E-state index contributed by atoms with van der Waals surface area (Å²) in [7, 11) is 1.66. The van der Waals surface area contributed by atoms with Gasteiger partial charge in [0.25, 0.3) is 0 Å². The van der Waals surface area contributed by atoms with Crippen molar-refractivity contribution in [2.45, 2.75) is 50.4 Å². The molecule has 7 nitrogen and oxygen atoms in total. The summed E-state index contributed by atoms with van der Waals surface area (Å²) >= 11 is 1.40. The molecule has 0 aliphatic carbocycles. The number of aryl methyl sites for hydroxylation is 2. The summed E-state index contributed by atoms with van der Waals surface area (Å²) < 4.78 is 7.66. The molecule has 0 saturated carbocycles. The first kappa shape index (κ1) is 23.2. The molecule has 4 rings (SSSR count). The third kappa shape index (κ3) is 5.16. The Hall–Kier alpha value is -3.00. The number of piperidine rings is 1. The van der Waals surface area contributed by atoms with Crippen LogP contribution in [0.4, 0.5) is 11.6 Å². The highest BCUT2D eigenvalue weighted by atomic mass is 32.2. The molecule has 2 aromatic carbocycles. The van der Waals surface area contributed by atoms with Crippen LogP contribution in [0.3, 0.4) is 0 Å². The quantitative estimate of drug-likeness (QED) is 0.495. The molecule has 1 fully saturated rings. The minimum absolute atomic E-state index is 0.0669. The summed E-state index contributed by atoms with van der Waals surface area (Å²) in [4.78, 5) is 15.3. The normalized spacial score (nSPS) is 14.7. The van der Waals surface area contributed by atoms with E-state index in [1.165, 1.54) is 18.2 Å². The lowest BCUT2D eigenvalue weighted by molar-refractivity contribution is -0.115. The number of methoxy groups -OCH3 is 1. The maximum atomic E-state index is 13.0. The molecular formula is C25H31N5O2S. The van der Waals surface area contributed by atoms with Gasteiger partial charge in [0.1, 0.15) is 5.75 Å². The van der Waals surface area contributed by atoms with Crippen LogP contribution in [0.25, 0.3) is 5.69 Å². The van der Waals surface area contributed by atoms with Crippen LogP contribution in [0.2, 0.25) is 0 Å². The average Bonchev–Trinajstić information content (AvgIpc) is 3.25. The van der Waals surface area contributed by atoms with Crippen molar-refractivity contribution in [2.24, 2.45) is 0 Å². The van der Waals surface area contributed by atoms with E-state index in [0.29, 0.717) is 5.16 Å². The molecule has 1 aliphatic rings. The van der Waals surface area contributed by atoms with Crippen molar-refractivity contribution in [1.29, 1.82) is 0 Å². The van der Waals surface area contributed by atoms with Crippen LogP contribution >= 0.6 is 11.8 Å². The average molecular weight is 466 g/mol. The SMILES string of the molecule is COc1ccccc1-n1c(SC(C)C(=O)Nc2cc(C)ccc2C)nnc1N1CCCCC1. The van der Waals surface area contributed by atoms with Gasteiger partial charge in [0.2, 0.25) is 11.9 Å². The number of ether oxygens (including phenoxy) is 1. The predicted molar refractivity (Wildman–Crippen MR) is 134 cm³/mol. The van der Waals surface area contributed by atoms with Crippen molar-refractivity contribution in [1.82, 2.24) is 14.8 Å². The second-order valence-electron chi connectivity index (χ2n) is 8.41. The number of hydrogen-bond acceptors (Lipinski definition) is 6. The van der Waals surface area contributed by atoms with Crippen LogP contribution in [0.15, 0.2) is 47.6 Å². The fourth-order valence-corrected chi connectivity index (χ4v) is 4.83. The van der Waals surface area contributed by atoms with E-state index in [4.69, 9.17) is 4.74 Å². The Kier molecular flexibility index (Phi) is 7.23. The van der Waals surface area contributed by atoms with E-state index in [2.05, 4.69) is 20.4 Å². The highest BCUT2D eigenvalue weighted by molar-refractivity contribution is 8.00. The first-order valence-corrected chi connectivity index (χ1v) is 12.2. The summed E-state index contributed by atoms with van der Waals surface area (Å²) in [5.74, 6) is 1.47. The number of rotatable bonds is 7. The Balaban J connectivity index is 1.63. The smallest absolute Gasteiger partial charge is 0.237 e. The number of hydrogen-bond donors (Lipinski definition) is 1. The summed E-state index contributed by atoms with van der Waals surface area (Å²) in [5, 5.41) is 12.4. The largest absolute Gasteiger partial charge is 0.495 e.